The lowest BCUT2D eigenvalue weighted by Crippen LogP contribution is -2.22. The minimum atomic E-state index is -0.420. The fourth-order valence-corrected chi connectivity index (χ4v) is 4.18. The smallest absolute Gasteiger partial charge is 0.237 e. The van der Waals surface area contributed by atoms with Crippen molar-refractivity contribution in [3.63, 3.8) is 0 Å². The van der Waals surface area contributed by atoms with Crippen molar-refractivity contribution >= 4 is 51.3 Å². The van der Waals surface area contributed by atoms with E-state index in [1.54, 1.807) is 43.3 Å². The molecule has 0 spiro atoms. The SMILES string of the molecule is CC(=O)c1cccc(NC(=O)[C@H](C)Sc2nnc(Nc3cccc(F)c3)s2)c1. The first kappa shape index (κ1) is 20.0. The molecule has 0 aliphatic rings. The van der Waals surface area contributed by atoms with Crippen molar-refractivity contribution in [1.82, 2.24) is 10.2 Å². The van der Waals surface area contributed by atoms with Gasteiger partial charge in [-0.25, -0.2) is 4.39 Å². The molecule has 0 fully saturated rings. The summed E-state index contributed by atoms with van der Waals surface area (Å²) in [6.45, 7) is 3.24. The molecule has 0 bridgehead atoms. The van der Waals surface area contributed by atoms with Gasteiger partial charge in [-0.15, -0.1) is 10.2 Å². The Hall–Kier alpha value is -2.78. The molecule has 2 aromatic carbocycles. The molecule has 0 aliphatic heterocycles. The van der Waals surface area contributed by atoms with Gasteiger partial charge in [0.15, 0.2) is 10.1 Å². The summed E-state index contributed by atoms with van der Waals surface area (Å²) in [6, 6.07) is 12.8. The first-order valence-electron chi connectivity index (χ1n) is 8.35. The third-order valence-electron chi connectivity index (χ3n) is 3.67. The largest absolute Gasteiger partial charge is 0.330 e. The van der Waals surface area contributed by atoms with Gasteiger partial charge >= 0.3 is 0 Å². The topological polar surface area (TPSA) is 84.0 Å². The van der Waals surface area contributed by atoms with Crippen LogP contribution in [-0.4, -0.2) is 27.1 Å². The van der Waals surface area contributed by atoms with Crippen molar-refractivity contribution < 1.29 is 14.0 Å². The van der Waals surface area contributed by atoms with Crippen LogP contribution in [0.25, 0.3) is 0 Å². The first-order valence-corrected chi connectivity index (χ1v) is 10.0. The van der Waals surface area contributed by atoms with E-state index in [9.17, 15) is 14.0 Å². The Kier molecular flexibility index (Phi) is 6.37. The van der Waals surface area contributed by atoms with Gasteiger partial charge in [0.1, 0.15) is 5.82 Å². The third kappa shape index (κ3) is 5.37. The molecular formula is C19H17FN4O2S2. The summed E-state index contributed by atoms with van der Waals surface area (Å²) in [5, 5.41) is 13.9. The number of Topliss-reactive ketones (excluding diaryl/α,β-unsaturated/α-hetero) is 1. The molecule has 3 rings (SSSR count). The lowest BCUT2D eigenvalue weighted by molar-refractivity contribution is -0.115. The maximum Gasteiger partial charge on any atom is 0.237 e. The van der Waals surface area contributed by atoms with Crippen LogP contribution in [0.4, 0.5) is 20.9 Å². The number of halogens is 1. The summed E-state index contributed by atoms with van der Waals surface area (Å²) < 4.78 is 13.9. The zero-order valence-corrected chi connectivity index (χ0v) is 16.7. The van der Waals surface area contributed by atoms with E-state index in [4.69, 9.17) is 0 Å². The molecule has 1 heterocycles. The summed E-state index contributed by atoms with van der Waals surface area (Å²) in [5.74, 6) is -0.616. The number of hydrogen-bond acceptors (Lipinski definition) is 7. The van der Waals surface area contributed by atoms with Gasteiger partial charge in [-0.2, -0.15) is 0 Å². The second-order valence-corrected chi connectivity index (χ2v) is 8.46. The quantitative estimate of drug-likeness (QED) is 0.427. The second kappa shape index (κ2) is 8.94. The minimum Gasteiger partial charge on any atom is -0.330 e. The van der Waals surface area contributed by atoms with E-state index in [0.717, 1.165) is 0 Å². The van der Waals surface area contributed by atoms with E-state index < -0.39 is 5.25 Å². The zero-order valence-electron chi connectivity index (χ0n) is 15.1. The van der Waals surface area contributed by atoms with Crippen LogP contribution in [0.1, 0.15) is 24.2 Å². The zero-order chi connectivity index (χ0) is 20.1. The summed E-state index contributed by atoms with van der Waals surface area (Å²) in [5.41, 5.74) is 1.68. The predicted molar refractivity (Wildman–Crippen MR) is 110 cm³/mol. The highest BCUT2D eigenvalue weighted by Crippen LogP contribution is 2.31. The number of anilines is 3. The normalized spacial score (nSPS) is 11.7. The Morgan fingerprint density at radius 1 is 1.11 bits per heavy atom. The van der Waals surface area contributed by atoms with Crippen LogP contribution < -0.4 is 10.6 Å². The summed E-state index contributed by atoms with van der Waals surface area (Å²) in [6.07, 6.45) is 0. The van der Waals surface area contributed by atoms with E-state index in [1.807, 2.05) is 0 Å². The van der Waals surface area contributed by atoms with E-state index in [2.05, 4.69) is 20.8 Å². The van der Waals surface area contributed by atoms with Gasteiger partial charge in [0.25, 0.3) is 0 Å². The molecule has 6 nitrogen and oxygen atoms in total. The van der Waals surface area contributed by atoms with Crippen molar-refractivity contribution in [2.24, 2.45) is 0 Å². The molecular weight excluding hydrogens is 399 g/mol. The van der Waals surface area contributed by atoms with E-state index in [1.165, 1.54) is 42.2 Å². The highest BCUT2D eigenvalue weighted by Gasteiger charge is 2.18. The van der Waals surface area contributed by atoms with Gasteiger partial charge in [-0.3, -0.25) is 9.59 Å². The molecule has 0 unspecified atom stereocenters. The number of benzene rings is 2. The second-order valence-electron chi connectivity index (χ2n) is 5.89. The number of rotatable bonds is 7. The van der Waals surface area contributed by atoms with Crippen molar-refractivity contribution in [2.75, 3.05) is 10.6 Å². The number of hydrogen-bond donors (Lipinski definition) is 2. The standard InChI is InChI=1S/C19H17FN4O2S2/c1-11(25)13-5-3-7-15(9-13)21-17(26)12(2)27-19-24-23-18(28-19)22-16-8-4-6-14(20)10-16/h3-10,12H,1-2H3,(H,21,26)(H,22,23)/t12-/m0/s1. The first-order chi connectivity index (χ1) is 13.4. The average molecular weight is 417 g/mol. The van der Waals surface area contributed by atoms with Crippen molar-refractivity contribution in [2.45, 2.75) is 23.4 Å². The molecule has 0 saturated heterocycles. The van der Waals surface area contributed by atoms with Crippen LogP contribution in [0, 0.1) is 5.82 Å². The Bertz CT molecular complexity index is 1010. The van der Waals surface area contributed by atoms with Gasteiger partial charge in [0.05, 0.1) is 5.25 Å². The molecule has 2 N–H and O–H groups in total. The van der Waals surface area contributed by atoms with Crippen LogP contribution in [0.2, 0.25) is 0 Å². The van der Waals surface area contributed by atoms with Gasteiger partial charge in [0.2, 0.25) is 11.0 Å². The van der Waals surface area contributed by atoms with Crippen LogP contribution in [-0.2, 0) is 4.79 Å². The van der Waals surface area contributed by atoms with Crippen LogP contribution in [0.5, 0.6) is 0 Å². The number of carbonyl (C=O) groups excluding carboxylic acids is 2. The fraction of sp³-hybridized carbons (Fsp3) is 0.158. The molecule has 0 radical (unpaired) electrons. The van der Waals surface area contributed by atoms with Gasteiger partial charge in [-0.1, -0.05) is 41.3 Å². The number of thioether (sulfide) groups is 1. The lowest BCUT2D eigenvalue weighted by atomic mass is 10.1. The van der Waals surface area contributed by atoms with Crippen molar-refractivity contribution in [3.05, 3.63) is 59.9 Å². The number of amides is 1. The highest BCUT2D eigenvalue weighted by atomic mass is 32.2. The van der Waals surface area contributed by atoms with Crippen molar-refractivity contribution in [3.8, 4) is 0 Å². The molecule has 28 heavy (non-hydrogen) atoms. The van der Waals surface area contributed by atoms with Crippen molar-refractivity contribution in [1.29, 1.82) is 0 Å². The van der Waals surface area contributed by atoms with E-state index in [-0.39, 0.29) is 17.5 Å². The highest BCUT2D eigenvalue weighted by molar-refractivity contribution is 8.02. The molecule has 0 aliphatic carbocycles. The monoisotopic (exact) mass is 416 g/mol. The average Bonchev–Trinajstić information content (AvgIpc) is 3.08. The summed E-state index contributed by atoms with van der Waals surface area (Å²) in [4.78, 5) is 23.9. The molecule has 0 saturated carbocycles. The van der Waals surface area contributed by atoms with E-state index >= 15 is 0 Å². The Morgan fingerprint density at radius 3 is 2.61 bits per heavy atom. The van der Waals surface area contributed by atoms with Gasteiger partial charge < -0.3 is 10.6 Å². The van der Waals surface area contributed by atoms with Gasteiger partial charge in [-0.05, 0) is 44.2 Å². The molecule has 1 atom stereocenters. The number of carbonyl (C=O) groups is 2. The van der Waals surface area contributed by atoms with Crippen LogP contribution >= 0.6 is 23.1 Å². The minimum absolute atomic E-state index is 0.0642. The number of nitrogens with one attached hydrogen (secondary N) is 2. The molecule has 3 aromatic rings. The lowest BCUT2D eigenvalue weighted by Gasteiger charge is -2.10. The Balaban J connectivity index is 1.59. The van der Waals surface area contributed by atoms with Crippen LogP contribution in [0.3, 0.4) is 0 Å². The molecule has 1 amide bonds. The van der Waals surface area contributed by atoms with Crippen LogP contribution in [0.15, 0.2) is 52.9 Å². The molecule has 9 heteroatoms. The summed E-state index contributed by atoms with van der Waals surface area (Å²) >= 11 is 2.54. The van der Waals surface area contributed by atoms with Gasteiger partial charge in [0, 0.05) is 16.9 Å². The summed E-state index contributed by atoms with van der Waals surface area (Å²) in [7, 11) is 0. The third-order valence-corrected chi connectivity index (χ3v) is 5.69. The number of ketones is 1. The number of nitrogens with zero attached hydrogens (tertiary/aromatic N) is 2. The molecule has 1 aromatic heterocycles. The maximum absolute atomic E-state index is 13.2. The molecule has 144 valence electrons. The Labute approximate surface area is 169 Å². The maximum atomic E-state index is 13.2. The number of aromatic nitrogens is 2. The van der Waals surface area contributed by atoms with E-state index in [0.29, 0.717) is 26.4 Å². The fourth-order valence-electron chi connectivity index (χ4n) is 2.26. The predicted octanol–water partition coefficient (Wildman–Crippen LogP) is 4.74. The Morgan fingerprint density at radius 2 is 1.86 bits per heavy atom.